The summed E-state index contributed by atoms with van der Waals surface area (Å²) in [6.07, 6.45) is 3.74. The molecule has 2 N–H and O–H groups in total. The van der Waals surface area contributed by atoms with Gasteiger partial charge in [0.05, 0.1) is 6.61 Å². The SMILES string of the molecule is CCOc1ccc(C2C(C(=O)Nc3ccc(Br)cn3)=C(C)NC3=C2C(=O)CCC3)cc1. The number of ether oxygens (including phenoxy) is 1. The highest BCUT2D eigenvalue weighted by Gasteiger charge is 2.38. The van der Waals surface area contributed by atoms with E-state index < -0.39 is 5.92 Å². The van der Waals surface area contributed by atoms with E-state index >= 15 is 0 Å². The number of ketones is 1. The number of hydrogen-bond donors (Lipinski definition) is 2. The highest BCUT2D eigenvalue weighted by atomic mass is 79.9. The van der Waals surface area contributed by atoms with Crippen molar-refractivity contribution in [3.8, 4) is 5.75 Å². The van der Waals surface area contributed by atoms with Crippen molar-refractivity contribution < 1.29 is 14.3 Å². The number of carbonyl (C=O) groups excluding carboxylic acids is 2. The van der Waals surface area contributed by atoms with Gasteiger partial charge in [0, 0.05) is 45.5 Å². The molecule has 1 atom stereocenters. The molecular weight excluding hydrogens is 458 g/mol. The Kier molecular flexibility index (Phi) is 6.23. The molecule has 2 aromatic rings. The third kappa shape index (κ3) is 4.42. The summed E-state index contributed by atoms with van der Waals surface area (Å²) in [6, 6.07) is 11.2. The van der Waals surface area contributed by atoms with Crippen LogP contribution in [0.25, 0.3) is 0 Å². The Morgan fingerprint density at radius 1 is 1.23 bits per heavy atom. The van der Waals surface area contributed by atoms with Crippen LogP contribution in [0.2, 0.25) is 0 Å². The van der Waals surface area contributed by atoms with Crippen LogP contribution in [0.3, 0.4) is 0 Å². The van der Waals surface area contributed by atoms with Gasteiger partial charge in [-0.05, 0) is 72.4 Å². The minimum atomic E-state index is -0.435. The second-order valence-electron chi connectivity index (χ2n) is 7.58. The van der Waals surface area contributed by atoms with E-state index in [-0.39, 0.29) is 11.7 Å². The molecule has 160 valence electrons. The van der Waals surface area contributed by atoms with E-state index in [0.29, 0.717) is 30.0 Å². The average Bonchev–Trinajstić information content (AvgIpc) is 2.75. The van der Waals surface area contributed by atoms with Crippen LogP contribution in [-0.2, 0) is 9.59 Å². The zero-order valence-electron chi connectivity index (χ0n) is 17.5. The van der Waals surface area contributed by atoms with Crippen LogP contribution in [0.4, 0.5) is 5.82 Å². The Labute approximate surface area is 189 Å². The number of nitrogens with zero attached hydrogens (tertiary/aromatic N) is 1. The zero-order chi connectivity index (χ0) is 22.0. The van der Waals surface area contributed by atoms with Gasteiger partial charge in [-0.15, -0.1) is 0 Å². The molecule has 31 heavy (non-hydrogen) atoms. The Hall–Kier alpha value is -2.93. The van der Waals surface area contributed by atoms with Gasteiger partial charge in [0.2, 0.25) is 0 Å². The number of anilines is 1. The molecule has 7 heteroatoms. The van der Waals surface area contributed by atoms with E-state index in [1.165, 1.54) is 0 Å². The predicted molar refractivity (Wildman–Crippen MR) is 123 cm³/mol. The number of Topliss-reactive ketones (excluding diaryl/α,β-unsaturated/α-hetero) is 1. The number of amides is 1. The lowest BCUT2D eigenvalue weighted by atomic mass is 9.75. The molecule has 2 aliphatic rings. The number of aromatic nitrogens is 1. The smallest absolute Gasteiger partial charge is 0.255 e. The largest absolute Gasteiger partial charge is 0.494 e. The van der Waals surface area contributed by atoms with Gasteiger partial charge >= 0.3 is 0 Å². The molecule has 1 aliphatic heterocycles. The van der Waals surface area contributed by atoms with E-state index in [1.807, 2.05) is 44.2 Å². The molecule has 1 aromatic heterocycles. The van der Waals surface area contributed by atoms with Crippen LogP contribution in [0, 0.1) is 0 Å². The van der Waals surface area contributed by atoms with Crippen molar-refractivity contribution in [2.75, 3.05) is 11.9 Å². The van der Waals surface area contributed by atoms with Crippen molar-refractivity contribution in [3.63, 3.8) is 0 Å². The van der Waals surface area contributed by atoms with Gasteiger partial charge in [0.25, 0.3) is 5.91 Å². The van der Waals surface area contributed by atoms with Crippen LogP contribution in [0.5, 0.6) is 5.75 Å². The van der Waals surface area contributed by atoms with Gasteiger partial charge in [0.1, 0.15) is 11.6 Å². The Morgan fingerprint density at radius 3 is 2.68 bits per heavy atom. The number of dihydropyridines is 1. The number of allylic oxidation sites excluding steroid dienone is 3. The second kappa shape index (κ2) is 9.06. The third-order valence-electron chi connectivity index (χ3n) is 5.51. The molecule has 0 bridgehead atoms. The van der Waals surface area contributed by atoms with Crippen LogP contribution in [-0.4, -0.2) is 23.3 Å². The van der Waals surface area contributed by atoms with Crippen molar-refractivity contribution in [2.24, 2.45) is 0 Å². The van der Waals surface area contributed by atoms with Crippen LogP contribution in [0.1, 0.15) is 44.6 Å². The zero-order valence-corrected chi connectivity index (χ0v) is 19.1. The van der Waals surface area contributed by atoms with Gasteiger partial charge in [-0.2, -0.15) is 0 Å². The summed E-state index contributed by atoms with van der Waals surface area (Å²) in [7, 11) is 0. The summed E-state index contributed by atoms with van der Waals surface area (Å²) in [5.41, 5.74) is 3.78. The maximum atomic E-state index is 13.4. The highest BCUT2D eigenvalue weighted by molar-refractivity contribution is 9.10. The molecule has 1 aliphatic carbocycles. The summed E-state index contributed by atoms with van der Waals surface area (Å²) in [4.78, 5) is 30.6. The first-order valence-electron chi connectivity index (χ1n) is 10.4. The minimum Gasteiger partial charge on any atom is -0.494 e. The number of hydrogen-bond acceptors (Lipinski definition) is 5. The molecule has 1 unspecified atom stereocenters. The molecule has 0 spiro atoms. The first-order chi connectivity index (χ1) is 15.0. The molecular formula is C24H24BrN3O3. The van der Waals surface area contributed by atoms with E-state index in [1.54, 1.807) is 12.3 Å². The number of halogens is 1. The van der Waals surface area contributed by atoms with Crippen molar-refractivity contribution in [2.45, 2.75) is 39.0 Å². The summed E-state index contributed by atoms with van der Waals surface area (Å²) in [6.45, 7) is 4.39. The molecule has 0 fully saturated rings. The van der Waals surface area contributed by atoms with E-state index in [4.69, 9.17) is 4.74 Å². The molecule has 2 heterocycles. The van der Waals surface area contributed by atoms with Crippen LogP contribution < -0.4 is 15.4 Å². The lowest BCUT2D eigenvalue weighted by molar-refractivity contribution is -0.116. The summed E-state index contributed by atoms with van der Waals surface area (Å²) in [5, 5.41) is 6.21. The lowest BCUT2D eigenvalue weighted by Gasteiger charge is -2.34. The fourth-order valence-corrected chi connectivity index (χ4v) is 4.41. The number of nitrogens with one attached hydrogen (secondary N) is 2. The third-order valence-corrected chi connectivity index (χ3v) is 5.98. The Bertz CT molecular complexity index is 1070. The van der Waals surface area contributed by atoms with Crippen molar-refractivity contribution in [1.29, 1.82) is 0 Å². The van der Waals surface area contributed by atoms with E-state index in [9.17, 15) is 9.59 Å². The summed E-state index contributed by atoms with van der Waals surface area (Å²) in [5.74, 6) is 0.592. The average molecular weight is 482 g/mol. The monoisotopic (exact) mass is 481 g/mol. The maximum Gasteiger partial charge on any atom is 0.255 e. The van der Waals surface area contributed by atoms with Crippen molar-refractivity contribution >= 4 is 33.4 Å². The summed E-state index contributed by atoms with van der Waals surface area (Å²) < 4.78 is 6.39. The van der Waals surface area contributed by atoms with Gasteiger partial charge in [-0.25, -0.2) is 4.98 Å². The molecule has 0 saturated carbocycles. The summed E-state index contributed by atoms with van der Waals surface area (Å²) >= 11 is 3.35. The van der Waals surface area contributed by atoms with Crippen LogP contribution >= 0.6 is 15.9 Å². The quantitative estimate of drug-likeness (QED) is 0.637. The number of benzene rings is 1. The first-order valence-corrected chi connectivity index (χ1v) is 11.2. The van der Waals surface area contributed by atoms with E-state index in [0.717, 1.165) is 40.0 Å². The number of rotatable bonds is 5. The van der Waals surface area contributed by atoms with Crippen molar-refractivity contribution in [1.82, 2.24) is 10.3 Å². The maximum absolute atomic E-state index is 13.4. The number of pyridine rings is 1. The van der Waals surface area contributed by atoms with E-state index in [2.05, 4.69) is 31.5 Å². The van der Waals surface area contributed by atoms with Crippen LogP contribution in [0.15, 0.2) is 69.6 Å². The highest BCUT2D eigenvalue weighted by Crippen LogP contribution is 2.42. The number of carbonyl (C=O) groups is 2. The van der Waals surface area contributed by atoms with Gasteiger partial charge in [0.15, 0.2) is 5.78 Å². The lowest BCUT2D eigenvalue weighted by Crippen LogP contribution is -2.35. The fourth-order valence-electron chi connectivity index (χ4n) is 4.17. The first kappa shape index (κ1) is 21.3. The topological polar surface area (TPSA) is 80.3 Å². The predicted octanol–water partition coefficient (Wildman–Crippen LogP) is 4.85. The Balaban J connectivity index is 1.74. The molecule has 4 rings (SSSR count). The molecule has 6 nitrogen and oxygen atoms in total. The molecule has 1 aromatic carbocycles. The Morgan fingerprint density at radius 2 is 2.00 bits per heavy atom. The molecule has 0 radical (unpaired) electrons. The minimum absolute atomic E-state index is 0.0900. The van der Waals surface area contributed by atoms with Gasteiger partial charge in [-0.1, -0.05) is 12.1 Å². The van der Waals surface area contributed by atoms with Gasteiger partial charge in [-0.3, -0.25) is 9.59 Å². The molecule has 0 saturated heterocycles. The standard InChI is InChI=1S/C24H24BrN3O3/c1-3-31-17-10-7-15(8-11-17)22-21(24(30)28-20-12-9-16(25)13-26-20)14(2)27-18-5-4-6-19(29)23(18)22/h7-13,22,27H,3-6H2,1-2H3,(H,26,28,30). The molecule has 1 amide bonds. The second-order valence-corrected chi connectivity index (χ2v) is 8.50. The normalized spacial score (nSPS) is 18.4. The fraction of sp³-hybridized carbons (Fsp3) is 0.292. The van der Waals surface area contributed by atoms with Crippen molar-refractivity contribution in [3.05, 3.63) is 75.2 Å². The van der Waals surface area contributed by atoms with Gasteiger partial charge < -0.3 is 15.4 Å².